The van der Waals surface area contributed by atoms with Crippen molar-refractivity contribution in [2.24, 2.45) is 5.92 Å². The molecule has 3 rings (SSSR count). The Morgan fingerprint density at radius 2 is 1.60 bits per heavy atom. The highest BCUT2D eigenvalue weighted by Gasteiger charge is 2.36. The first kappa shape index (κ1) is 33.6. The molecule has 1 aliphatic heterocycles. The lowest BCUT2D eigenvalue weighted by atomic mass is 9.81. The first-order valence-electron chi connectivity index (χ1n) is 16.3. The van der Waals surface area contributed by atoms with Crippen molar-refractivity contribution >= 4 is 0 Å². The van der Waals surface area contributed by atoms with Crippen LogP contribution in [0.25, 0.3) is 0 Å². The van der Waals surface area contributed by atoms with E-state index in [0.29, 0.717) is 12.1 Å². The summed E-state index contributed by atoms with van der Waals surface area (Å²) < 4.78 is 6.64. The molecule has 1 saturated carbocycles. The van der Waals surface area contributed by atoms with E-state index in [1.54, 1.807) is 0 Å². The molecule has 3 aliphatic rings. The van der Waals surface area contributed by atoms with Crippen LogP contribution in [0.4, 0.5) is 0 Å². The van der Waals surface area contributed by atoms with Crippen molar-refractivity contribution in [1.82, 2.24) is 10.2 Å². The van der Waals surface area contributed by atoms with Gasteiger partial charge in [0.05, 0.1) is 12.7 Å². The molecule has 0 radical (unpaired) electrons. The normalized spacial score (nSPS) is 27.8. The first-order chi connectivity index (χ1) is 20.6. The van der Waals surface area contributed by atoms with Crippen molar-refractivity contribution in [1.29, 1.82) is 0 Å². The van der Waals surface area contributed by atoms with Gasteiger partial charge in [0.15, 0.2) is 0 Å². The predicted molar refractivity (Wildman–Crippen MR) is 183 cm³/mol. The third-order valence-corrected chi connectivity index (χ3v) is 9.21. The molecule has 228 valence electrons. The molecule has 0 aromatic heterocycles. The van der Waals surface area contributed by atoms with E-state index in [2.05, 4.69) is 80.4 Å². The lowest BCUT2D eigenvalue weighted by Crippen LogP contribution is -2.50. The van der Waals surface area contributed by atoms with E-state index in [1.807, 2.05) is 30.4 Å². The third kappa shape index (κ3) is 9.85. The van der Waals surface area contributed by atoms with Crippen LogP contribution in [0, 0.1) is 5.92 Å². The molecule has 2 fully saturated rings. The molecule has 0 aromatic carbocycles. The van der Waals surface area contributed by atoms with E-state index in [-0.39, 0.29) is 12.0 Å². The van der Waals surface area contributed by atoms with Crippen molar-refractivity contribution in [3.8, 4) is 0 Å². The van der Waals surface area contributed by atoms with Crippen LogP contribution in [-0.2, 0) is 4.74 Å². The summed E-state index contributed by atoms with van der Waals surface area (Å²) in [6.07, 6.45) is 33.7. The molecule has 42 heavy (non-hydrogen) atoms. The van der Waals surface area contributed by atoms with Gasteiger partial charge in [-0.25, -0.2) is 0 Å². The van der Waals surface area contributed by atoms with Crippen molar-refractivity contribution in [2.75, 3.05) is 19.7 Å². The lowest BCUT2D eigenvalue weighted by molar-refractivity contribution is -0.0592. The number of ether oxygens (including phenoxy) is 1. The highest BCUT2D eigenvalue weighted by atomic mass is 16.5. The Kier molecular flexibility index (Phi) is 14.9. The van der Waals surface area contributed by atoms with Gasteiger partial charge in [-0.3, -0.25) is 4.90 Å². The van der Waals surface area contributed by atoms with Gasteiger partial charge >= 0.3 is 0 Å². The monoisotopic (exact) mass is 568 g/mol. The molecule has 4 atom stereocenters. The minimum atomic E-state index is 0.0810. The molecule has 0 aromatic rings. The Balaban J connectivity index is 1.85. The van der Waals surface area contributed by atoms with Gasteiger partial charge in [0.25, 0.3) is 0 Å². The van der Waals surface area contributed by atoms with Gasteiger partial charge in [0.1, 0.15) is 0 Å². The Hall–Kier alpha value is -2.88. The molecular formula is C39H56N2O. The van der Waals surface area contributed by atoms with E-state index >= 15 is 0 Å². The second-order valence-electron chi connectivity index (χ2n) is 12.0. The number of rotatable bonds is 11. The number of hydrogen-bond donors (Lipinski definition) is 1. The van der Waals surface area contributed by atoms with Crippen LogP contribution in [0.5, 0.6) is 0 Å². The van der Waals surface area contributed by atoms with Gasteiger partial charge in [-0.2, -0.15) is 0 Å². The summed E-state index contributed by atoms with van der Waals surface area (Å²) in [5, 5.41) is 3.84. The number of nitrogens with zero attached hydrogens (tertiary/aromatic N) is 1. The summed E-state index contributed by atoms with van der Waals surface area (Å²) in [4.78, 5) is 2.75. The fourth-order valence-corrected chi connectivity index (χ4v) is 6.95. The third-order valence-electron chi connectivity index (χ3n) is 9.21. The van der Waals surface area contributed by atoms with E-state index in [1.165, 1.54) is 73.7 Å². The summed E-state index contributed by atoms with van der Waals surface area (Å²) in [5.74, 6) is 0.150. The highest BCUT2D eigenvalue weighted by Crippen LogP contribution is 2.39. The molecule has 3 nitrogen and oxygen atoms in total. The zero-order valence-corrected chi connectivity index (χ0v) is 26.4. The van der Waals surface area contributed by atoms with Crippen molar-refractivity contribution in [3.63, 3.8) is 0 Å². The van der Waals surface area contributed by atoms with Crippen molar-refractivity contribution < 1.29 is 4.74 Å². The molecule has 3 heteroatoms. The quantitative estimate of drug-likeness (QED) is 0.251. The van der Waals surface area contributed by atoms with E-state index in [4.69, 9.17) is 4.74 Å². The van der Waals surface area contributed by atoms with Crippen molar-refractivity contribution in [3.05, 3.63) is 122 Å². The maximum atomic E-state index is 6.64. The molecule has 1 heterocycles. The van der Waals surface area contributed by atoms with Gasteiger partial charge in [-0.1, -0.05) is 119 Å². The highest BCUT2D eigenvalue weighted by molar-refractivity contribution is 5.46. The van der Waals surface area contributed by atoms with E-state index in [9.17, 15) is 0 Å². The van der Waals surface area contributed by atoms with Crippen LogP contribution in [0.3, 0.4) is 0 Å². The lowest BCUT2D eigenvalue weighted by Gasteiger charge is -2.42. The molecular weight excluding hydrogens is 512 g/mol. The van der Waals surface area contributed by atoms with Crippen LogP contribution in [0.15, 0.2) is 122 Å². The van der Waals surface area contributed by atoms with Gasteiger partial charge < -0.3 is 10.1 Å². The SMILES string of the molecule is C=C/C=C\C1=C(C)CCC(C=C)=C(C=C)C1C1CN(C2CCCCCCCC(NC(/C=C\C=C)=C/C=C)CC2)CCO1. The van der Waals surface area contributed by atoms with Gasteiger partial charge in [-0.15, -0.1) is 0 Å². The topological polar surface area (TPSA) is 24.5 Å². The van der Waals surface area contributed by atoms with E-state index in [0.717, 1.165) is 44.7 Å². The average Bonchev–Trinajstić information content (AvgIpc) is 3.17. The van der Waals surface area contributed by atoms with Crippen LogP contribution < -0.4 is 5.32 Å². The zero-order valence-electron chi connectivity index (χ0n) is 26.4. The maximum Gasteiger partial charge on any atom is 0.0811 e. The summed E-state index contributed by atoms with van der Waals surface area (Å²) in [5.41, 5.74) is 6.47. The van der Waals surface area contributed by atoms with Gasteiger partial charge in [0, 0.05) is 36.8 Å². The summed E-state index contributed by atoms with van der Waals surface area (Å²) in [6, 6.07) is 1.02. The second-order valence-corrected chi connectivity index (χ2v) is 12.0. The number of nitrogens with one attached hydrogen (secondary N) is 1. The summed E-state index contributed by atoms with van der Waals surface area (Å²) in [6.45, 7) is 25.1. The Labute approximate surface area is 257 Å². The summed E-state index contributed by atoms with van der Waals surface area (Å²) >= 11 is 0. The van der Waals surface area contributed by atoms with Crippen LogP contribution in [0.2, 0.25) is 0 Å². The average molecular weight is 569 g/mol. The molecule has 0 amide bonds. The largest absolute Gasteiger partial charge is 0.382 e. The summed E-state index contributed by atoms with van der Waals surface area (Å²) in [7, 11) is 0. The Bertz CT molecular complexity index is 1080. The predicted octanol–water partition coefficient (Wildman–Crippen LogP) is 9.49. The fourth-order valence-electron chi connectivity index (χ4n) is 6.95. The number of allylic oxidation sites excluding steroid dienone is 12. The molecule has 0 bridgehead atoms. The van der Waals surface area contributed by atoms with Gasteiger partial charge in [-0.05, 0) is 74.3 Å². The number of hydrogen-bond acceptors (Lipinski definition) is 3. The van der Waals surface area contributed by atoms with Gasteiger partial charge in [0.2, 0.25) is 0 Å². The van der Waals surface area contributed by atoms with Crippen LogP contribution in [-0.4, -0.2) is 42.8 Å². The molecule has 1 N–H and O–H groups in total. The fraction of sp³-hybridized carbons (Fsp3) is 0.487. The molecule has 1 saturated heterocycles. The van der Waals surface area contributed by atoms with Crippen molar-refractivity contribution in [2.45, 2.75) is 95.7 Å². The zero-order chi connectivity index (χ0) is 30.2. The smallest absolute Gasteiger partial charge is 0.0811 e. The maximum absolute atomic E-state index is 6.64. The Morgan fingerprint density at radius 3 is 2.31 bits per heavy atom. The minimum Gasteiger partial charge on any atom is -0.382 e. The standard InChI is InChI=1S/C39H56N2O/c1-7-12-20-33(19-9-3)40-34-21-17-15-14-16-18-22-35(27-26-34)41-28-29-42-38(30-41)39-36(11-5)32(10-4)25-24-31(6)37(39)23-13-8-2/h7-13,19-20,23,34-35,38-40H,1-5,14-18,21-22,24-30H2,6H3/b20-12-,23-13-,33-19+. The van der Waals surface area contributed by atoms with Crippen LogP contribution in [0.1, 0.15) is 77.6 Å². The second kappa shape index (κ2) is 18.6. The molecule has 0 spiro atoms. The number of morpholine rings is 1. The molecule has 2 aliphatic carbocycles. The van der Waals surface area contributed by atoms with E-state index < -0.39 is 0 Å². The Morgan fingerprint density at radius 1 is 0.833 bits per heavy atom. The van der Waals surface area contributed by atoms with Crippen LogP contribution >= 0.6 is 0 Å². The molecule has 4 unspecified atom stereocenters. The minimum absolute atomic E-state index is 0.0810. The first-order valence-corrected chi connectivity index (χ1v) is 16.3.